The summed E-state index contributed by atoms with van der Waals surface area (Å²) in [6, 6.07) is 30.6. The van der Waals surface area contributed by atoms with Crippen molar-refractivity contribution in [1.29, 1.82) is 0 Å². The Balaban J connectivity index is 1.71. The van der Waals surface area contributed by atoms with Gasteiger partial charge in [0.1, 0.15) is 0 Å². The van der Waals surface area contributed by atoms with Crippen molar-refractivity contribution in [1.82, 2.24) is 10.2 Å². The highest BCUT2D eigenvalue weighted by molar-refractivity contribution is 5.78. The molecule has 0 heterocycles. The van der Waals surface area contributed by atoms with Crippen molar-refractivity contribution in [3.63, 3.8) is 0 Å². The maximum atomic E-state index is 12.8. The molecule has 0 aliphatic rings. The van der Waals surface area contributed by atoms with Crippen LogP contribution in [0.1, 0.15) is 35.7 Å². The minimum absolute atomic E-state index is 0.0169. The van der Waals surface area contributed by atoms with Gasteiger partial charge in [0.15, 0.2) is 0 Å². The van der Waals surface area contributed by atoms with Gasteiger partial charge in [0, 0.05) is 7.05 Å². The van der Waals surface area contributed by atoms with E-state index in [0.29, 0.717) is 0 Å². The molecule has 1 atom stereocenters. The number of nitrogens with zero attached hydrogens (tertiary/aromatic N) is 1. The third kappa shape index (κ3) is 4.83. The second kappa shape index (κ2) is 9.15. The first-order chi connectivity index (χ1) is 13.2. The van der Waals surface area contributed by atoms with Gasteiger partial charge in [-0.3, -0.25) is 10.1 Å². The molecular weight excluding hydrogens is 332 g/mol. The zero-order valence-corrected chi connectivity index (χ0v) is 15.9. The SMILES string of the molecule is C[C@@H](c1ccccc1)N(C)C(=O)CNC(c1ccccc1)c1ccccc1. The molecule has 1 N–H and O–H groups in total. The molecule has 0 saturated heterocycles. The third-order valence-electron chi connectivity index (χ3n) is 4.98. The fraction of sp³-hybridized carbons (Fsp3) is 0.208. The van der Waals surface area contributed by atoms with Crippen molar-refractivity contribution in [3.05, 3.63) is 108 Å². The average Bonchev–Trinajstić information content (AvgIpc) is 2.75. The van der Waals surface area contributed by atoms with Crippen LogP contribution in [0.5, 0.6) is 0 Å². The third-order valence-corrected chi connectivity index (χ3v) is 4.98. The number of hydrogen-bond acceptors (Lipinski definition) is 2. The summed E-state index contributed by atoms with van der Waals surface area (Å²) in [5, 5.41) is 3.45. The number of hydrogen-bond donors (Lipinski definition) is 1. The second-order valence-electron chi connectivity index (χ2n) is 6.73. The quantitative estimate of drug-likeness (QED) is 0.670. The first-order valence-electron chi connectivity index (χ1n) is 9.30. The van der Waals surface area contributed by atoms with Crippen LogP contribution in [-0.2, 0) is 4.79 Å². The predicted octanol–water partition coefficient (Wildman–Crippen LogP) is 4.59. The zero-order valence-electron chi connectivity index (χ0n) is 15.9. The Hall–Kier alpha value is -2.91. The van der Waals surface area contributed by atoms with Gasteiger partial charge in [0.2, 0.25) is 5.91 Å². The summed E-state index contributed by atoms with van der Waals surface area (Å²) in [5.41, 5.74) is 3.43. The lowest BCUT2D eigenvalue weighted by atomic mass is 9.99. The van der Waals surface area contributed by atoms with E-state index in [0.717, 1.165) is 16.7 Å². The fourth-order valence-electron chi connectivity index (χ4n) is 3.20. The number of rotatable bonds is 7. The smallest absolute Gasteiger partial charge is 0.236 e. The first-order valence-corrected chi connectivity index (χ1v) is 9.30. The lowest BCUT2D eigenvalue weighted by Gasteiger charge is -2.27. The molecule has 0 saturated carbocycles. The maximum absolute atomic E-state index is 12.8. The molecular formula is C24H26N2O. The maximum Gasteiger partial charge on any atom is 0.236 e. The van der Waals surface area contributed by atoms with Gasteiger partial charge in [-0.15, -0.1) is 0 Å². The van der Waals surface area contributed by atoms with Crippen molar-refractivity contribution < 1.29 is 4.79 Å². The van der Waals surface area contributed by atoms with Gasteiger partial charge in [-0.1, -0.05) is 91.0 Å². The van der Waals surface area contributed by atoms with E-state index in [1.165, 1.54) is 0 Å². The van der Waals surface area contributed by atoms with E-state index in [1.54, 1.807) is 4.90 Å². The highest BCUT2D eigenvalue weighted by Gasteiger charge is 2.20. The standard InChI is InChI=1S/C24H26N2O/c1-19(20-12-6-3-7-13-20)26(2)23(27)18-25-24(21-14-8-4-9-15-21)22-16-10-5-11-17-22/h3-17,19,24-25H,18H2,1-2H3/t19-/m0/s1. The molecule has 1 amide bonds. The van der Waals surface area contributed by atoms with Gasteiger partial charge in [0.05, 0.1) is 18.6 Å². The molecule has 3 aromatic rings. The van der Waals surface area contributed by atoms with Crippen LogP contribution in [0.4, 0.5) is 0 Å². The molecule has 3 heteroatoms. The number of carbonyl (C=O) groups is 1. The van der Waals surface area contributed by atoms with Gasteiger partial charge in [0.25, 0.3) is 0 Å². The largest absolute Gasteiger partial charge is 0.338 e. The number of amides is 1. The molecule has 3 aromatic carbocycles. The molecule has 138 valence electrons. The fourth-order valence-corrected chi connectivity index (χ4v) is 3.20. The summed E-state index contributed by atoms with van der Waals surface area (Å²) in [6.07, 6.45) is 0. The summed E-state index contributed by atoms with van der Waals surface area (Å²) in [7, 11) is 1.86. The van der Waals surface area contributed by atoms with Gasteiger partial charge in [-0.2, -0.15) is 0 Å². The molecule has 0 aliphatic carbocycles. The highest BCUT2D eigenvalue weighted by atomic mass is 16.2. The molecule has 0 radical (unpaired) electrons. The summed E-state index contributed by atoms with van der Waals surface area (Å²) < 4.78 is 0. The van der Waals surface area contributed by atoms with E-state index in [4.69, 9.17) is 0 Å². The van der Waals surface area contributed by atoms with Crippen LogP contribution >= 0.6 is 0 Å². The zero-order chi connectivity index (χ0) is 19.1. The number of benzene rings is 3. The van der Waals surface area contributed by atoms with Gasteiger partial charge in [-0.05, 0) is 23.6 Å². The number of carbonyl (C=O) groups excluding carboxylic acids is 1. The minimum atomic E-state index is -0.0169. The monoisotopic (exact) mass is 358 g/mol. The molecule has 27 heavy (non-hydrogen) atoms. The first kappa shape index (κ1) is 18.9. The Labute approximate surface area is 161 Å². The molecule has 0 aliphatic heterocycles. The molecule has 3 rings (SSSR count). The molecule has 0 bridgehead atoms. The van der Waals surface area contributed by atoms with Crippen LogP contribution in [0.3, 0.4) is 0 Å². The highest BCUT2D eigenvalue weighted by Crippen LogP contribution is 2.22. The predicted molar refractivity (Wildman–Crippen MR) is 110 cm³/mol. The van der Waals surface area contributed by atoms with Crippen LogP contribution in [0.25, 0.3) is 0 Å². The molecule has 0 aromatic heterocycles. The average molecular weight is 358 g/mol. The van der Waals surface area contributed by atoms with Crippen LogP contribution in [0, 0.1) is 0 Å². The molecule has 0 unspecified atom stereocenters. The summed E-state index contributed by atoms with van der Waals surface area (Å²) in [6.45, 7) is 2.33. The molecule has 3 nitrogen and oxygen atoms in total. The Morgan fingerprint density at radius 1 is 0.778 bits per heavy atom. The Morgan fingerprint density at radius 2 is 1.19 bits per heavy atom. The van der Waals surface area contributed by atoms with E-state index >= 15 is 0 Å². The number of nitrogens with one attached hydrogen (secondary N) is 1. The van der Waals surface area contributed by atoms with E-state index in [1.807, 2.05) is 61.6 Å². The molecule has 0 spiro atoms. The van der Waals surface area contributed by atoms with Crippen molar-refractivity contribution in [2.75, 3.05) is 13.6 Å². The number of likely N-dealkylation sites (N-methyl/N-ethyl adjacent to an activating group) is 1. The topological polar surface area (TPSA) is 32.3 Å². The summed E-state index contributed by atoms with van der Waals surface area (Å²) >= 11 is 0. The lowest BCUT2D eigenvalue weighted by Crippen LogP contribution is -2.38. The second-order valence-corrected chi connectivity index (χ2v) is 6.73. The van der Waals surface area contributed by atoms with Crippen molar-refractivity contribution in [2.24, 2.45) is 0 Å². The normalized spacial score (nSPS) is 12.0. The van der Waals surface area contributed by atoms with E-state index in [2.05, 4.69) is 48.6 Å². The van der Waals surface area contributed by atoms with Crippen molar-refractivity contribution in [3.8, 4) is 0 Å². The van der Waals surface area contributed by atoms with E-state index in [9.17, 15) is 4.79 Å². The van der Waals surface area contributed by atoms with E-state index in [-0.39, 0.29) is 24.5 Å². The van der Waals surface area contributed by atoms with Crippen molar-refractivity contribution >= 4 is 5.91 Å². The van der Waals surface area contributed by atoms with Gasteiger partial charge >= 0.3 is 0 Å². The minimum Gasteiger partial charge on any atom is -0.338 e. The molecule has 0 fully saturated rings. The van der Waals surface area contributed by atoms with Crippen LogP contribution in [0.15, 0.2) is 91.0 Å². The Morgan fingerprint density at radius 3 is 1.63 bits per heavy atom. The Bertz CT molecular complexity index is 795. The Kier molecular flexibility index (Phi) is 6.39. The van der Waals surface area contributed by atoms with Crippen LogP contribution in [0.2, 0.25) is 0 Å². The van der Waals surface area contributed by atoms with Crippen LogP contribution in [-0.4, -0.2) is 24.4 Å². The van der Waals surface area contributed by atoms with Gasteiger partial charge in [-0.25, -0.2) is 0 Å². The van der Waals surface area contributed by atoms with Gasteiger partial charge < -0.3 is 4.90 Å². The van der Waals surface area contributed by atoms with Crippen molar-refractivity contribution in [2.45, 2.75) is 19.0 Å². The summed E-state index contributed by atoms with van der Waals surface area (Å²) in [4.78, 5) is 14.6. The van der Waals surface area contributed by atoms with E-state index < -0.39 is 0 Å². The lowest BCUT2D eigenvalue weighted by molar-refractivity contribution is -0.130. The van der Waals surface area contributed by atoms with Crippen LogP contribution < -0.4 is 5.32 Å². The summed E-state index contributed by atoms with van der Waals surface area (Å²) in [5.74, 6) is 0.0724.